The van der Waals surface area contributed by atoms with E-state index in [9.17, 15) is 4.79 Å². The van der Waals surface area contributed by atoms with Crippen molar-refractivity contribution < 1.29 is 23.5 Å². The highest BCUT2D eigenvalue weighted by atomic mass is 16.5. The fourth-order valence-corrected chi connectivity index (χ4v) is 7.39. The van der Waals surface area contributed by atoms with E-state index in [-0.39, 0.29) is 34.2 Å². The van der Waals surface area contributed by atoms with Gasteiger partial charge in [0.15, 0.2) is 5.82 Å². The highest BCUT2D eigenvalue weighted by molar-refractivity contribution is 5.96. The van der Waals surface area contributed by atoms with Gasteiger partial charge < -0.3 is 23.6 Å². The summed E-state index contributed by atoms with van der Waals surface area (Å²) >= 11 is 0. The van der Waals surface area contributed by atoms with Gasteiger partial charge in [0.2, 0.25) is 11.8 Å². The zero-order valence-corrected chi connectivity index (χ0v) is 25.4. The van der Waals surface area contributed by atoms with Crippen molar-refractivity contribution in [3.05, 3.63) is 48.4 Å². The number of benzene rings is 1. The molecule has 228 valence electrons. The SMILES string of the molecule is CCOc1ncc(-c2cccc(N(CC34CCC(c5noc(C6(C)COC6)n5)(CC3)CC4)C(=O)C3CC(OC)C3)c2)cn1. The van der Waals surface area contributed by atoms with Gasteiger partial charge in [-0.05, 0) is 88.3 Å². The fourth-order valence-electron chi connectivity index (χ4n) is 7.39. The van der Waals surface area contributed by atoms with Crippen molar-refractivity contribution in [2.24, 2.45) is 11.3 Å². The van der Waals surface area contributed by atoms with Gasteiger partial charge in [0.25, 0.3) is 0 Å². The van der Waals surface area contributed by atoms with Crippen LogP contribution in [0, 0.1) is 11.3 Å². The lowest BCUT2D eigenvalue weighted by atomic mass is 9.53. The summed E-state index contributed by atoms with van der Waals surface area (Å²) in [4.78, 5) is 29.8. The maximum absolute atomic E-state index is 14.1. The van der Waals surface area contributed by atoms with Gasteiger partial charge in [0, 0.05) is 48.6 Å². The van der Waals surface area contributed by atoms with Gasteiger partial charge in [0.05, 0.1) is 31.3 Å². The van der Waals surface area contributed by atoms with E-state index in [4.69, 9.17) is 23.7 Å². The molecule has 1 amide bonds. The Hall–Kier alpha value is -3.37. The Morgan fingerprint density at radius 3 is 2.40 bits per heavy atom. The van der Waals surface area contributed by atoms with Gasteiger partial charge in [-0.15, -0.1) is 0 Å². The Bertz CT molecular complexity index is 1440. The maximum Gasteiger partial charge on any atom is 0.316 e. The minimum atomic E-state index is -0.162. The van der Waals surface area contributed by atoms with E-state index in [0.717, 1.165) is 74.0 Å². The number of nitrogens with zero attached hydrogens (tertiary/aromatic N) is 5. The smallest absolute Gasteiger partial charge is 0.316 e. The second kappa shape index (κ2) is 11.0. The monoisotopic (exact) mass is 587 g/mol. The molecule has 0 unspecified atom stereocenters. The zero-order valence-electron chi connectivity index (χ0n) is 25.4. The molecule has 8 rings (SSSR count). The molecular weight excluding hydrogens is 546 g/mol. The summed E-state index contributed by atoms with van der Waals surface area (Å²) in [6, 6.07) is 8.58. The zero-order chi connectivity index (χ0) is 29.7. The molecule has 43 heavy (non-hydrogen) atoms. The molecule has 0 radical (unpaired) electrons. The number of carbonyl (C=O) groups is 1. The van der Waals surface area contributed by atoms with Crippen LogP contribution in [0.25, 0.3) is 11.1 Å². The van der Waals surface area contributed by atoms with Crippen molar-refractivity contribution >= 4 is 11.6 Å². The van der Waals surface area contributed by atoms with Crippen LogP contribution in [-0.2, 0) is 25.1 Å². The van der Waals surface area contributed by atoms with Crippen molar-refractivity contribution in [3.8, 4) is 17.1 Å². The molecule has 2 aromatic heterocycles. The van der Waals surface area contributed by atoms with Crippen LogP contribution in [0.3, 0.4) is 0 Å². The summed E-state index contributed by atoms with van der Waals surface area (Å²) in [5.41, 5.74) is 2.66. The number of hydrogen-bond donors (Lipinski definition) is 0. The average molecular weight is 588 g/mol. The molecule has 10 heteroatoms. The van der Waals surface area contributed by atoms with Crippen LogP contribution in [0.2, 0.25) is 0 Å². The molecule has 3 heterocycles. The molecule has 1 aromatic carbocycles. The van der Waals surface area contributed by atoms with Crippen molar-refractivity contribution in [2.75, 3.05) is 38.4 Å². The van der Waals surface area contributed by atoms with Crippen LogP contribution in [0.15, 0.2) is 41.2 Å². The van der Waals surface area contributed by atoms with Gasteiger partial charge in [0.1, 0.15) is 0 Å². The molecule has 5 fully saturated rings. The molecule has 0 atom stereocenters. The Kier molecular flexibility index (Phi) is 7.24. The lowest BCUT2D eigenvalue weighted by Gasteiger charge is -2.53. The van der Waals surface area contributed by atoms with Crippen LogP contribution in [0.4, 0.5) is 5.69 Å². The molecule has 2 bridgehead atoms. The normalized spacial score (nSPS) is 29.0. The number of rotatable bonds is 10. The molecule has 0 N–H and O–H groups in total. The number of ether oxygens (including phenoxy) is 3. The van der Waals surface area contributed by atoms with Crippen molar-refractivity contribution in [3.63, 3.8) is 0 Å². The largest absolute Gasteiger partial charge is 0.464 e. The number of methoxy groups -OCH3 is 1. The standard InChI is InChI=1S/C33H41N5O5/c1-4-42-30-34-17-24(18-35-30)22-6-5-7-25(14-22)38(27(39)23-15-26(16-23)40-3)19-32-8-11-33(12-9-32,13-10-32)28-36-29(43-37-28)31(2)20-41-21-31/h5-7,14,17-18,23,26H,4,8-13,15-16,19-21H2,1-3H3. The van der Waals surface area contributed by atoms with E-state index < -0.39 is 0 Å². The topological polar surface area (TPSA) is 113 Å². The molecule has 3 aromatic rings. The minimum Gasteiger partial charge on any atom is -0.464 e. The van der Waals surface area contributed by atoms with E-state index in [0.29, 0.717) is 38.3 Å². The van der Waals surface area contributed by atoms with Gasteiger partial charge in [-0.2, -0.15) is 4.98 Å². The summed E-state index contributed by atoms with van der Waals surface area (Å²) < 4.78 is 22.1. The van der Waals surface area contributed by atoms with E-state index >= 15 is 0 Å². The third kappa shape index (κ3) is 5.12. The van der Waals surface area contributed by atoms with Crippen molar-refractivity contribution in [1.29, 1.82) is 0 Å². The van der Waals surface area contributed by atoms with E-state index in [1.165, 1.54) is 0 Å². The molecule has 5 aliphatic rings. The first-order chi connectivity index (χ1) is 20.8. The average Bonchev–Trinajstić information content (AvgIpc) is 3.52. The Labute approximate surface area is 252 Å². The molecule has 10 nitrogen and oxygen atoms in total. The molecule has 1 aliphatic heterocycles. The highest BCUT2D eigenvalue weighted by Crippen LogP contribution is 2.58. The predicted octanol–water partition coefficient (Wildman–Crippen LogP) is 5.26. The summed E-state index contributed by atoms with van der Waals surface area (Å²) in [6.45, 7) is 6.53. The Morgan fingerprint density at radius 2 is 1.77 bits per heavy atom. The third-order valence-corrected chi connectivity index (χ3v) is 10.6. The minimum absolute atomic E-state index is 0.0142. The molecule has 1 saturated heterocycles. The first-order valence-electron chi connectivity index (χ1n) is 15.7. The number of amides is 1. The number of hydrogen-bond acceptors (Lipinski definition) is 9. The van der Waals surface area contributed by atoms with Crippen LogP contribution in [-0.4, -0.2) is 65.6 Å². The lowest BCUT2D eigenvalue weighted by molar-refractivity contribution is -0.130. The third-order valence-electron chi connectivity index (χ3n) is 10.6. The van der Waals surface area contributed by atoms with E-state index in [1.807, 2.05) is 19.1 Å². The van der Waals surface area contributed by atoms with Gasteiger partial charge >= 0.3 is 6.01 Å². The first kappa shape index (κ1) is 28.4. The number of anilines is 1. The number of aromatic nitrogens is 4. The summed E-state index contributed by atoms with van der Waals surface area (Å²) in [6.07, 6.45) is 11.4. The van der Waals surface area contributed by atoms with E-state index in [1.54, 1.807) is 19.5 Å². The molecule has 4 saturated carbocycles. The predicted molar refractivity (Wildman–Crippen MR) is 159 cm³/mol. The Morgan fingerprint density at radius 1 is 1.05 bits per heavy atom. The van der Waals surface area contributed by atoms with Crippen LogP contribution in [0.5, 0.6) is 6.01 Å². The fraction of sp³-hybridized carbons (Fsp3) is 0.606. The Balaban J connectivity index is 1.12. The second-order valence-corrected chi connectivity index (χ2v) is 13.4. The highest BCUT2D eigenvalue weighted by Gasteiger charge is 2.53. The summed E-state index contributed by atoms with van der Waals surface area (Å²) in [5, 5.41) is 4.49. The van der Waals surface area contributed by atoms with Crippen molar-refractivity contribution in [1.82, 2.24) is 20.1 Å². The molecule has 0 spiro atoms. The molecule has 4 aliphatic carbocycles. The second-order valence-electron chi connectivity index (χ2n) is 13.4. The quantitative estimate of drug-likeness (QED) is 0.313. The molecular formula is C33H41N5O5. The van der Waals surface area contributed by atoms with Crippen LogP contribution < -0.4 is 9.64 Å². The summed E-state index contributed by atoms with van der Waals surface area (Å²) in [7, 11) is 1.73. The van der Waals surface area contributed by atoms with Crippen LogP contribution in [0.1, 0.15) is 76.9 Å². The van der Waals surface area contributed by atoms with E-state index in [2.05, 4.69) is 39.1 Å². The maximum atomic E-state index is 14.1. The van der Waals surface area contributed by atoms with Gasteiger partial charge in [-0.3, -0.25) is 4.79 Å². The lowest BCUT2D eigenvalue weighted by Crippen LogP contribution is -2.53. The summed E-state index contributed by atoms with van der Waals surface area (Å²) in [5.74, 6) is 1.75. The number of fused-ring (bicyclic) bond motifs is 3. The van der Waals surface area contributed by atoms with Gasteiger partial charge in [-0.1, -0.05) is 17.3 Å². The van der Waals surface area contributed by atoms with Crippen LogP contribution >= 0.6 is 0 Å². The van der Waals surface area contributed by atoms with Gasteiger partial charge in [-0.25, -0.2) is 9.97 Å². The first-order valence-corrected chi connectivity index (χ1v) is 15.7. The van der Waals surface area contributed by atoms with Crippen molar-refractivity contribution in [2.45, 2.75) is 82.1 Å². The number of carbonyl (C=O) groups excluding carboxylic acids is 1.